The second kappa shape index (κ2) is 9.75. The van der Waals surface area contributed by atoms with Gasteiger partial charge in [-0.1, -0.05) is 109 Å². The maximum atomic E-state index is 14.0. The molecule has 0 bridgehead atoms. The second-order valence-electron chi connectivity index (χ2n) is 12.6. The van der Waals surface area contributed by atoms with Gasteiger partial charge in [-0.25, -0.2) is 4.39 Å². The van der Waals surface area contributed by atoms with Crippen molar-refractivity contribution in [3.8, 4) is 22.3 Å². The molecule has 2 aliphatic rings. The third kappa shape index (κ3) is 3.58. The second-order valence-corrected chi connectivity index (χ2v) is 12.6. The van der Waals surface area contributed by atoms with Crippen LogP contribution in [0.5, 0.6) is 0 Å². The molecule has 10 rings (SSSR count). The zero-order valence-corrected chi connectivity index (χ0v) is 25.5. The zero-order valence-electron chi connectivity index (χ0n) is 25.5. The quantitative estimate of drug-likeness (QED) is 0.195. The predicted octanol–water partition coefficient (Wildman–Crippen LogP) is 11.9. The molecule has 0 atom stereocenters. The number of fused-ring (bicyclic) bond motifs is 13. The fourth-order valence-corrected chi connectivity index (χ4v) is 8.39. The Bertz CT molecular complexity index is 2490. The lowest BCUT2D eigenvalue weighted by Crippen LogP contribution is -2.25. The smallest absolute Gasteiger partial charge is 0.123 e. The van der Waals surface area contributed by atoms with E-state index in [-0.39, 0.29) is 5.82 Å². The van der Waals surface area contributed by atoms with Crippen molar-refractivity contribution in [1.29, 1.82) is 0 Å². The predicted molar refractivity (Wildman–Crippen MR) is 192 cm³/mol. The van der Waals surface area contributed by atoms with Gasteiger partial charge in [0.2, 0.25) is 0 Å². The van der Waals surface area contributed by atoms with Crippen LogP contribution in [0.3, 0.4) is 0 Å². The summed E-state index contributed by atoms with van der Waals surface area (Å²) in [4.78, 5) is 2.20. The Balaban J connectivity index is 1.29. The lowest BCUT2D eigenvalue weighted by molar-refractivity contribution is 0.628. The van der Waals surface area contributed by atoms with E-state index in [9.17, 15) is 4.39 Å². The Hall–Kier alpha value is -5.99. The minimum Gasteiger partial charge on any atom is -0.310 e. The number of hydrogen-bond acceptors (Lipinski definition) is 1. The maximum absolute atomic E-state index is 14.0. The van der Waals surface area contributed by atoms with Crippen LogP contribution in [0, 0.1) is 5.82 Å². The maximum Gasteiger partial charge on any atom is 0.123 e. The van der Waals surface area contributed by atoms with Gasteiger partial charge >= 0.3 is 0 Å². The van der Waals surface area contributed by atoms with Gasteiger partial charge in [0.15, 0.2) is 0 Å². The first-order chi connectivity index (χ1) is 23.2. The van der Waals surface area contributed by atoms with Crippen molar-refractivity contribution in [2.24, 2.45) is 0 Å². The molecule has 0 heterocycles. The van der Waals surface area contributed by atoms with E-state index in [0.717, 1.165) is 17.1 Å². The molecule has 47 heavy (non-hydrogen) atoms. The van der Waals surface area contributed by atoms with Crippen molar-refractivity contribution in [2.75, 3.05) is 4.90 Å². The van der Waals surface area contributed by atoms with Gasteiger partial charge < -0.3 is 4.90 Å². The van der Waals surface area contributed by atoms with Crippen LogP contribution in [0.4, 0.5) is 21.5 Å². The summed E-state index contributed by atoms with van der Waals surface area (Å²) in [6.07, 6.45) is 0. The van der Waals surface area contributed by atoms with Crippen LogP contribution >= 0.6 is 0 Å². The molecule has 0 N–H and O–H groups in total. The molecule has 0 saturated carbocycles. The molecule has 0 aliphatic heterocycles. The molecule has 8 aromatic carbocycles. The van der Waals surface area contributed by atoms with Gasteiger partial charge in [0.05, 0.1) is 5.41 Å². The van der Waals surface area contributed by atoms with Crippen molar-refractivity contribution < 1.29 is 4.39 Å². The topological polar surface area (TPSA) is 3.24 Å². The Morgan fingerprint density at radius 2 is 1.00 bits per heavy atom. The van der Waals surface area contributed by atoms with Gasteiger partial charge in [-0.3, -0.25) is 0 Å². The molecular formula is C45H28FN. The SMILES string of the molecule is Fc1ccc(N(c2ccccc2)c2ccc3cc4c(cc3c2)C2(c3ccccc3-c3ccccc32)c2ccc3ccccc3c2-4)cc1. The highest BCUT2D eigenvalue weighted by atomic mass is 19.1. The molecule has 0 aromatic heterocycles. The van der Waals surface area contributed by atoms with E-state index < -0.39 is 5.41 Å². The van der Waals surface area contributed by atoms with E-state index in [1.807, 2.05) is 30.3 Å². The summed E-state index contributed by atoms with van der Waals surface area (Å²) in [5.41, 5.74) is 13.1. The average Bonchev–Trinajstić information content (AvgIpc) is 3.59. The molecule has 0 unspecified atom stereocenters. The molecule has 220 valence electrons. The van der Waals surface area contributed by atoms with Crippen LogP contribution in [0.2, 0.25) is 0 Å². The molecule has 8 aromatic rings. The highest BCUT2D eigenvalue weighted by Crippen LogP contribution is 2.64. The van der Waals surface area contributed by atoms with Crippen LogP contribution in [0.15, 0.2) is 170 Å². The van der Waals surface area contributed by atoms with Crippen molar-refractivity contribution in [2.45, 2.75) is 5.41 Å². The lowest BCUT2D eigenvalue weighted by atomic mass is 9.70. The number of anilines is 3. The normalized spacial score (nSPS) is 13.4. The van der Waals surface area contributed by atoms with Crippen molar-refractivity contribution >= 4 is 38.6 Å². The third-order valence-corrected chi connectivity index (χ3v) is 10.3. The molecule has 0 fully saturated rings. The van der Waals surface area contributed by atoms with Gasteiger partial charge in [0.25, 0.3) is 0 Å². The van der Waals surface area contributed by atoms with Crippen molar-refractivity contribution in [3.63, 3.8) is 0 Å². The molecule has 2 heteroatoms. The number of hydrogen-bond donors (Lipinski definition) is 0. The number of rotatable bonds is 3. The summed E-state index contributed by atoms with van der Waals surface area (Å²) in [5, 5.41) is 4.90. The van der Waals surface area contributed by atoms with Crippen LogP contribution in [-0.2, 0) is 5.41 Å². The number of halogens is 1. The highest BCUT2D eigenvalue weighted by Gasteiger charge is 2.52. The van der Waals surface area contributed by atoms with E-state index >= 15 is 0 Å². The van der Waals surface area contributed by atoms with Crippen LogP contribution in [-0.4, -0.2) is 0 Å². The van der Waals surface area contributed by atoms with E-state index in [4.69, 9.17) is 0 Å². The summed E-state index contributed by atoms with van der Waals surface area (Å²) >= 11 is 0. The molecule has 1 spiro atoms. The first-order valence-corrected chi connectivity index (χ1v) is 16.1. The van der Waals surface area contributed by atoms with E-state index in [1.54, 1.807) is 0 Å². The standard InChI is InChI=1S/C45H28FN/c46-32-20-23-34(24-21-32)47(33-11-2-1-3-12-33)35-22-18-30-27-39-43(28-31(30)26-35)45(42-25-19-29-10-4-5-13-36(29)44(39)42)40-16-8-6-14-37(40)38-15-7-9-17-41(38)45/h1-28H. The van der Waals surface area contributed by atoms with Gasteiger partial charge in [-0.15, -0.1) is 0 Å². The van der Waals surface area contributed by atoms with Crippen molar-refractivity contribution in [1.82, 2.24) is 0 Å². The van der Waals surface area contributed by atoms with E-state index in [2.05, 4.69) is 132 Å². The van der Waals surface area contributed by atoms with Crippen LogP contribution in [0.1, 0.15) is 22.3 Å². The average molecular weight is 602 g/mol. The Kier molecular flexibility index (Phi) is 5.45. The summed E-state index contributed by atoms with van der Waals surface area (Å²) < 4.78 is 14.0. The zero-order chi connectivity index (χ0) is 31.1. The Morgan fingerprint density at radius 1 is 0.383 bits per heavy atom. The van der Waals surface area contributed by atoms with Gasteiger partial charge in [-0.05, 0) is 127 Å². The summed E-state index contributed by atoms with van der Waals surface area (Å²) in [7, 11) is 0. The van der Waals surface area contributed by atoms with Crippen LogP contribution in [0.25, 0.3) is 43.8 Å². The Morgan fingerprint density at radius 3 is 1.77 bits per heavy atom. The third-order valence-electron chi connectivity index (χ3n) is 10.3. The van der Waals surface area contributed by atoms with E-state index in [1.165, 1.54) is 78.2 Å². The Labute approximate surface area is 272 Å². The number of para-hydroxylation sites is 1. The highest BCUT2D eigenvalue weighted by molar-refractivity contribution is 6.08. The molecule has 0 saturated heterocycles. The minimum atomic E-state index is -0.428. The minimum absolute atomic E-state index is 0.245. The van der Waals surface area contributed by atoms with Crippen molar-refractivity contribution in [3.05, 3.63) is 198 Å². The van der Waals surface area contributed by atoms with Gasteiger partial charge in [-0.2, -0.15) is 0 Å². The van der Waals surface area contributed by atoms with Crippen LogP contribution < -0.4 is 4.90 Å². The lowest BCUT2D eigenvalue weighted by Gasteiger charge is -2.31. The molecule has 2 aliphatic carbocycles. The molecule has 1 nitrogen and oxygen atoms in total. The van der Waals surface area contributed by atoms with E-state index in [0.29, 0.717) is 0 Å². The largest absolute Gasteiger partial charge is 0.310 e. The number of benzene rings is 8. The summed E-state index contributed by atoms with van der Waals surface area (Å²) in [6.45, 7) is 0. The molecule has 0 radical (unpaired) electrons. The monoisotopic (exact) mass is 601 g/mol. The fraction of sp³-hybridized carbons (Fsp3) is 0.0222. The molecule has 0 amide bonds. The molecular weight excluding hydrogens is 574 g/mol. The van der Waals surface area contributed by atoms with Gasteiger partial charge in [0.1, 0.15) is 5.82 Å². The first kappa shape index (κ1) is 26.2. The first-order valence-electron chi connectivity index (χ1n) is 16.1. The summed E-state index contributed by atoms with van der Waals surface area (Å²) in [5.74, 6) is -0.245. The van der Waals surface area contributed by atoms with Gasteiger partial charge in [0, 0.05) is 17.1 Å². The fourth-order valence-electron chi connectivity index (χ4n) is 8.39. The number of nitrogens with zero attached hydrogens (tertiary/aromatic N) is 1. The summed E-state index contributed by atoms with van der Waals surface area (Å²) in [6, 6.07) is 59.9.